The zero-order chi connectivity index (χ0) is 19.3. The number of aromatic nitrogens is 1. The second-order valence-electron chi connectivity index (χ2n) is 6.09. The number of pyridine rings is 1. The van der Waals surface area contributed by atoms with E-state index in [4.69, 9.17) is 4.74 Å². The van der Waals surface area contributed by atoms with Crippen LogP contribution in [-0.2, 0) is 4.79 Å². The third kappa shape index (κ3) is 3.61. The molecule has 0 bridgehead atoms. The Balaban J connectivity index is 1.78. The van der Waals surface area contributed by atoms with Gasteiger partial charge in [0.2, 0.25) is 0 Å². The smallest absolute Gasteiger partial charge is 0.288 e. The summed E-state index contributed by atoms with van der Waals surface area (Å²) < 4.78 is 5.18. The van der Waals surface area contributed by atoms with E-state index in [1.165, 1.54) is 0 Å². The lowest BCUT2D eigenvalue weighted by molar-refractivity contribution is -0.117. The molecule has 1 aliphatic rings. The average molecular weight is 370 g/mol. The molecule has 2 heterocycles. The summed E-state index contributed by atoms with van der Waals surface area (Å²) in [6.07, 6.45) is 5.16. The summed E-state index contributed by atoms with van der Waals surface area (Å²) in [5, 5.41) is 1.67. The van der Waals surface area contributed by atoms with Crippen LogP contribution in [0.1, 0.15) is 11.1 Å². The molecule has 0 saturated carbocycles. The number of anilines is 1. The van der Waals surface area contributed by atoms with Crippen molar-refractivity contribution in [2.24, 2.45) is 4.99 Å². The summed E-state index contributed by atoms with van der Waals surface area (Å²) in [6.45, 7) is 0. The third-order valence-electron chi connectivity index (χ3n) is 4.24. The van der Waals surface area contributed by atoms with Gasteiger partial charge in [0.25, 0.3) is 5.91 Å². The molecule has 0 unspecified atom stereocenters. The quantitative estimate of drug-likeness (QED) is 0.715. The maximum Gasteiger partial charge on any atom is 0.288 e. The maximum absolute atomic E-state index is 12.7. The van der Waals surface area contributed by atoms with Crippen molar-refractivity contribution in [3.63, 3.8) is 0 Å². The van der Waals surface area contributed by atoms with Crippen LogP contribution in [0.2, 0.25) is 0 Å². The van der Waals surface area contributed by atoms with Crippen LogP contribution >= 0.6 is 0 Å². The molecule has 6 heteroatoms. The minimum absolute atomic E-state index is 0.285. The highest BCUT2D eigenvalue weighted by atomic mass is 16.5. The molecule has 1 aromatic heterocycles. The van der Waals surface area contributed by atoms with Gasteiger partial charge in [-0.3, -0.25) is 15.2 Å². The van der Waals surface area contributed by atoms with Gasteiger partial charge in [0.15, 0.2) is 5.84 Å². The van der Waals surface area contributed by atoms with Gasteiger partial charge in [0.05, 0.1) is 12.8 Å². The molecule has 4 rings (SSSR count). The molecule has 2 aromatic carbocycles. The van der Waals surface area contributed by atoms with Crippen molar-refractivity contribution in [2.75, 3.05) is 12.1 Å². The molecular formula is C22H18N4O2. The molecule has 0 radical (unpaired) electrons. The lowest BCUT2D eigenvalue weighted by Gasteiger charge is -2.30. The Morgan fingerprint density at radius 2 is 1.79 bits per heavy atom. The largest absolute Gasteiger partial charge is 0.497 e. The zero-order valence-corrected chi connectivity index (χ0v) is 15.2. The van der Waals surface area contributed by atoms with Crippen molar-refractivity contribution >= 4 is 23.5 Å². The number of methoxy groups -OCH3 is 1. The van der Waals surface area contributed by atoms with E-state index < -0.39 is 0 Å². The van der Waals surface area contributed by atoms with E-state index in [1.54, 1.807) is 30.6 Å². The molecule has 0 atom stereocenters. The van der Waals surface area contributed by atoms with E-state index in [2.05, 4.69) is 15.4 Å². The Hall–Kier alpha value is -3.93. The van der Waals surface area contributed by atoms with Crippen LogP contribution in [0.3, 0.4) is 0 Å². The highest BCUT2D eigenvalue weighted by molar-refractivity contribution is 6.17. The van der Waals surface area contributed by atoms with E-state index in [9.17, 15) is 4.79 Å². The number of carbonyl (C=O) groups is 1. The molecule has 1 amide bonds. The number of hydrogen-bond acceptors (Lipinski definition) is 5. The number of benzene rings is 2. The van der Waals surface area contributed by atoms with Crippen molar-refractivity contribution in [3.8, 4) is 5.75 Å². The molecule has 138 valence electrons. The molecule has 28 heavy (non-hydrogen) atoms. The molecule has 0 fully saturated rings. The summed E-state index contributed by atoms with van der Waals surface area (Å²) in [5.41, 5.74) is 5.69. The number of nitrogens with zero attached hydrogens (tertiary/aromatic N) is 3. The monoisotopic (exact) mass is 370 g/mol. The van der Waals surface area contributed by atoms with E-state index in [-0.39, 0.29) is 5.91 Å². The van der Waals surface area contributed by atoms with Crippen molar-refractivity contribution in [1.29, 1.82) is 0 Å². The summed E-state index contributed by atoms with van der Waals surface area (Å²) in [6, 6.07) is 20.7. The minimum Gasteiger partial charge on any atom is -0.497 e. The topological polar surface area (TPSA) is 66.8 Å². The van der Waals surface area contributed by atoms with Gasteiger partial charge < -0.3 is 4.74 Å². The highest BCUT2D eigenvalue weighted by Crippen LogP contribution is 2.22. The van der Waals surface area contributed by atoms with Crippen LogP contribution in [0.25, 0.3) is 6.08 Å². The number of amides is 1. The first-order chi connectivity index (χ1) is 13.7. The van der Waals surface area contributed by atoms with Gasteiger partial charge in [0, 0.05) is 18.0 Å². The van der Waals surface area contributed by atoms with Gasteiger partial charge in [-0.25, -0.2) is 10.0 Å². The second kappa shape index (κ2) is 7.75. The summed E-state index contributed by atoms with van der Waals surface area (Å²) in [5.74, 6) is 1.07. The number of hydrazine groups is 1. The lowest BCUT2D eigenvalue weighted by atomic mass is 10.1. The molecule has 0 aliphatic carbocycles. The summed E-state index contributed by atoms with van der Waals surface area (Å²) in [7, 11) is 1.62. The lowest BCUT2D eigenvalue weighted by Crippen LogP contribution is -2.50. The molecule has 6 nitrogen and oxygen atoms in total. The van der Waals surface area contributed by atoms with Gasteiger partial charge in [-0.05, 0) is 48.0 Å². The Morgan fingerprint density at radius 1 is 1.00 bits per heavy atom. The highest BCUT2D eigenvalue weighted by Gasteiger charge is 2.26. The standard InChI is InChI=1S/C22H18N4O2/c1-28-19-11-9-16(10-12-19)14-20-22(27)25-26(18-7-3-2-4-8-18)21(24-20)17-6-5-13-23-15-17/h2-15H,1H3,(H,25,27)/b20-14-. The van der Waals surface area contributed by atoms with Gasteiger partial charge in [-0.1, -0.05) is 30.3 Å². The van der Waals surface area contributed by atoms with E-state index >= 15 is 0 Å². The summed E-state index contributed by atoms with van der Waals surface area (Å²) in [4.78, 5) is 21.5. The number of amidine groups is 1. The van der Waals surface area contributed by atoms with E-state index in [0.717, 1.165) is 22.6 Å². The number of ether oxygens (including phenoxy) is 1. The molecule has 0 saturated heterocycles. The van der Waals surface area contributed by atoms with Crippen LogP contribution in [0.15, 0.2) is 89.8 Å². The van der Waals surface area contributed by atoms with Crippen LogP contribution < -0.4 is 15.2 Å². The Bertz CT molecular complexity index is 1030. The predicted octanol–water partition coefficient (Wildman–Crippen LogP) is 3.43. The Labute approximate surface area is 162 Å². The minimum atomic E-state index is -0.285. The number of rotatable bonds is 4. The van der Waals surface area contributed by atoms with E-state index in [1.807, 2.05) is 66.7 Å². The third-order valence-corrected chi connectivity index (χ3v) is 4.24. The first-order valence-electron chi connectivity index (χ1n) is 8.75. The number of carbonyl (C=O) groups excluding carboxylic acids is 1. The van der Waals surface area contributed by atoms with Crippen molar-refractivity contribution in [1.82, 2.24) is 10.4 Å². The average Bonchev–Trinajstić information content (AvgIpc) is 2.76. The van der Waals surface area contributed by atoms with Crippen LogP contribution in [0, 0.1) is 0 Å². The fourth-order valence-corrected chi connectivity index (χ4v) is 2.84. The van der Waals surface area contributed by atoms with Crippen molar-refractivity contribution in [3.05, 3.63) is 95.9 Å². The number of para-hydroxylation sites is 1. The van der Waals surface area contributed by atoms with Crippen molar-refractivity contribution in [2.45, 2.75) is 0 Å². The van der Waals surface area contributed by atoms with Gasteiger partial charge in [0.1, 0.15) is 11.4 Å². The molecule has 1 aliphatic heterocycles. The number of aliphatic imine (C=N–C) groups is 1. The van der Waals surface area contributed by atoms with Crippen LogP contribution in [-0.4, -0.2) is 23.8 Å². The molecule has 0 spiro atoms. The maximum atomic E-state index is 12.7. The van der Waals surface area contributed by atoms with Crippen LogP contribution in [0.4, 0.5) is 5.69 Å². The summed E-state index contributed by atoms with van der Waals surface area (Å²) >= 11 is 0. The van der Waals surface area contributed by atoms with Crippen molar-refractivity contribution < 1.29 is 9.53 Å². The van der Waals surface area contributed by atoms with E-state index in [0.29, 0.717) is 11.5 Å². The molecule has 3 aromatic rings. The Kier molecular flexibility index (Phi) is 4.84. The van der Waals surface area contributed by atoms with Crippen LogP contribution in [0.5, 0.6) is 5.75 Å². The fourth-order valence-electron chi connectivity index (χ4n) is 2.84. The number of nitrogens with one attached hydrogen (secondary N) is 1. The Morgan fingerprint density at radius 3 is 2.46 bits per heavy atom. The predicted molar refractivity (Wildman–Crippen MR) is 109 cm³/mol. The van der Waals surface area contributed by atoms with Gasteiger partial charge in [-0.15, -0.1) is 0 Å². The van der Waals surface area contributed by atoms with Gasteiger partial charge >= 0.3 is 0 Å². The SMILES string of the molecule is COc1ccc(/C=C2\N=C(c3cccnc3)N(c3ccccc3)NC2=O)cc1. The zero-order valence-electron chi connectivity index (χ0n) is 15.2. The van der Waals surface area contributed by atoms with Gasteiger partial charge in [-0.2, -0.15) is 0 Å². The molecular weight excluding hydrogens is 352 g/mol. The first kappa shape index (κ1) is 17.5. The fraction of sp³-hybridized carbons (Fsp3) is 0.0455. The number of hydrogen-bond donors (Lipinski definition) is 1. The first-order valence-corrected chi connectivity index (χ1v) is 8.75. The normalized spacial score (nSPS) is 15.2. The second-order valence-corrected chi connectivity index (χ2v) is 6.09. The molecule has 1 N–H and O–H groups in total.